The Kier molecular flexibility index (Phi) is 2.74. The Balaban J connectivity index is 1.98. The molecule has 110 valence electrons. The molecule has 0 aromatic rings. The molecular weight excluding hydrogens is 252 g/mol. The Labute approximate surface area is 120 Å². The molecule has 0 saturated heterocycles. The number of carbonyl (C=O) groups is 2. The largest absolute Gasteiger partial charge is 0.462 e. The standard InChI is InChI=1S/C17H24O3/c1-9-12(19)8-11-15-14(9)17(11,5)7-6-13(16(15,3)4)20-10(2)18/h11,13-15H,1,6-8H2,2-5H3/t11-,13-,14+,15-,17+/m0/s1. The van der Waals surface area contributed by atoms with Crippen LogP contribution in [-0.4, -0.2) is 17.9 Å². The van der Waals surface area contributed by atoms with Gasteiger partial charge in [0.15, 0.2) is 5.78 Å². The second kappa shape index (κ2) is 3.96. The maximum absolute atomic E-state index is 12.0. The van der Waals surface area contributed by atoms with E-state index in [0.717, 1.165) is 18.4 Å². The molecule has 4 aliphatic carbocycles. The first-order valence-corrected chi connectivity index (χ1v) is 7.59. The van der Waals surface area contributed by atoms with Gasteiger partial charge in [0.1, 0.15) is 6.10 Å². The lowest BCUT2D eigenvalue weighted by Crippen LogP contribution is -2.64. The van der Waals surface area contributed by atoms with Gasteiger partial charge in [-0.1, -0.05) is 27.4 Å². The van der Waals surface area contributed by atoms with E-state index in [-0.39, 0.29) is 34.6 Å². The van der Waals surface area contributed by atoms with Crippen LogP contribution >= 0.6 is 0 Å². The van der Waals surface area contributed by atoms with Crippen LogP contribution in [0.1, 0.15) is 47.0 Å². The van der Waals surface area contributed by atoms with Crippen LogP contribution in [0.5, 0.6) is 0 Å². The van der Waals surface area contributed by atoms with Gasteiger partial charge in [-0.05, 0) is 41.6 Å². The third kappa shape index (κ3) is 1.52. The number of hydrogen-bond donors (Lipinski definition) is 0. The van der Waals surface area contributed by atoms with Crippen molar-refractivity contribution in [3.8, 4) is 0 Å². The Morgan fingerprint density at radius 3 is 2.55 bits per heavy atom. The summed E-state index contributed by atoms with van der Waals surface area (Å²) in [6, 6.07) is 0. The second-order valence-corrected chi connectivity index (χ2v) is 7.73. The fraction of sp³-hybridized carbons (Fsp3) is 0.765. The van der Waals surface area contributed by atoms with Crippen molar-refractivity contribution >= 4 is 11.8 Å². The number of fused-ring (bicyclic) bond motifs is 2. The van der Waals surface area contributed by atoms with Gasteiger partial charge in [0, 0.05) is 18.8 Å². The van der Waals surface area contributed by atoms with Gasteiger partial charge in [0.05, 0.1) is 0 Å². The van der Waals surface area contributed by atoms with Crippen LogP contribution < -0.4 is 0 Å². The lowest BCUT2D eigenvalue weighted by molar-refractivity contribution is -0.183. The summed E-state index contributed by atoms with van der Waals surface area (Å²) in [7, 11) is 0. The van der Waals surface area contributed by atoms with Gasteiger partial charge in [-0.25, -0.2) is 0 Å². The summed E-state index contributed by atoms with van der Waals surface area (Å²) < 4.78 is 5.60. The third-order valence-corrected chi connectivity index (χ3v) is 6.43. The minimum Gasteiger partial charge on any atom is -0.462 e. The number of ether oxygens (including phenoxy) is 1. The van der Waals surface area contributed by atoms with E-state index >= 15 is 0 Å². The predicted octanol–water partition coefficient (Wildman–Crippen LogP) is 3.14. The van der Waals surface area contributed by atoms with Crippen LogP contribution in [0.4, 0.5) is 0 Å². The van der Waals surface area contributed by atoms with Gasteiger partial charge in [0.25, 0.3) is 0 Å². The highest BCUT2D eigenvalue weighted by Gasteiger charge is 2.70. The van der Waals surface area contributed by atoms with Crippen molar-refractivity contribution in [1.29, 1.82) is 0 Å². The van der Waals surface area contributed by atoms with Crippen molar-refractivity contribution in [2.24, 2.45) is 28.6 Å². The Bertz CT molecular complexity index is 504. The quantitative estimate of drug-likeness (QED) is 0.546. The molecule has 3 nitrogen and oxygen atoms in total. The fourth-order valence-electron chi connectivity index (χ4n) is 5.37. The highest BCUT2D eigenvalue weighted by atomic mass is 16.5. The van der Waals surface area contributed by atoms with Crippen molar-refractivity contribution in [2.45, 2.75) is 53.1 Å². The van der Waals surface area contributed by atoms with E-state index in [2.05, 4.69) is 27.4 Å². The molecule has 0 aliphatic heterocycles. The lowest BCUT2D eigenvalue weighted by atomic mass is 9.37. The molecular formula is C17H24O3. The number of ketones is 1. The molecule has 0 radical (unpaired) electrons. The van der Waals surface area contributed by atoms with Crippen LogP contribution in [0, 0.1) is 28.6 Å². The van der Waals surface area contributed by atoms with Gasteiger partial charge in [0.2, 0.25) is 0 Å². The Hall–Kier alpha value is -1.12. The number of allylic oxidation sites excluding steroid dienone is 1. The van der Waals surface area contributed by atoms with E-state index in [0.29, 0.717) is 18.3 Å². The SMILES string of the molecule is C=C1C(=O)C[C@H]2[C@H]3[C@@H]1[C@]2(C)CC[C@H](OC(C)=O)C3(C)C. The molecule has 0 N–H and O–H groups in total. The molecule has 0 aromatic carbocycles. The maximum atomic E-state index is 12.0. The zero-order chi connectivity index (χ0) is 14.9. The normalized spacial score (nSPS) is 45.4. The summed E-state index contributed by atoms with van der Waals surface area (Å²) in [6.45, 7) is 12.2. The molecule has 0 spiro atoms. The van der Waals surface area contributed by atoms with Gasteiger partial charge in [-0.3, -0.25) is 9.59 Å². The summed E-state index contributed by atoms with van der Waals surface area (Å²) in [5.41, 5.74) is 0.916. The highest BCUT2D eigenvalue weighted by molar-refractivity contribution is 5.98. The molecule has 4 rings (SSSR count). The monoisotopic (exact) mass is 276 g/mol. The molecule has 3 heteroatoms. The van der Waals surface area contributed by atoms with Crippen molar-refractivity contribution in [2.75, 3.05) is 0 Å². The average molecular weight is 276 g/mol. The first-order valence-electron chi connectivity index (χ1n) is 7.59. The van der Waals surface area contributed by atoms with Crippen LogP contribution in [0.2, 0.25) is 0 Å². The fourth-order valence-corrected chi connectivity index (χ4v) is 5.37. The molecule has 4 fully saturated rings. The summed E-state index contributed by atoms with van der Waals surface area (Å²) in [5.74, 6) is 1.18. The van der Waals surface area contributed by atoms with Gasteiger partial charge in [-0.2, -0.15) is 0 Å². The summed E-state index contributed by atoms with van der Waals surface area (Å²) in [4.78, 5) is 23.4. The average Bonchev–Trinajstić information content (AvgIpc) is 2.46. The van der Waals surface area contributed by atoms with Crippen molar-refractivity contribution in [3.05, 3.63) is 12.2 Å². The van der Waals surface area contributed by atoms with Crippen LogP contribution in [0.3, 0.4) is 0 Å². The van der Waals surface area contributed by atoms with E-state index in [9.17, 15) is 9.59 Å². The molecule has 4 bridgehead atoms. The zero-order valence-electron chi connectivity index (χ0n) is 12.9. The van der Waals surface area contributed by atoms with Crippen molar-refractivity contribution < 1.29 is 14.3 Å². The predicted molar refractivity (Wildman–Crippen MR) is 75.9 cm³/mol. The van der Waals surface area contributed by atoms with Gasteiger partial charge < -0.3 is 4.74 Å². The molecule has 0 aromatic heterocycles. The van der Waals surface area contributed by atoms with Gasteiger partial charge in [-0.15, -0.1) is 0 Å². The lowest BCUT2D eigenvalue weighted by Gasteiger charge is -2.66. The number of carbonyl (C=O) groups excluding carboxylic acids is 2. The molecule has 0 amide bonds. The van der Waals surface area contributed by atoms with Crippen LogP contribution in [0.15, 0.2) is 12.2 Å². The smallest absolute Gasteiger partial charge is 0.302 e. The highest BCUT2D eigenvalue weighted by Crippen LogP contribution is 2.72. The van der Waals surface area contributed by atoms with E-state index < -0.39 is 0 Å². The molecule has 5 atom stereocenters. The number of Topliss-reactive ketones (excluding diaryl/α,β-unsaturated/α-hetero) is 1. The van der Waals surface area contributed by atoms with E-state index in [1.165, 1.54) is 6.92 Å². The van der Waals surface area contributed by atoms with E-state index in [4.69, 9.17) is 4.74 Å². The molecule has 4 aliphatic rings. The number of esters is 1. The third-order valence-electron chi connectivity index (χ3n) is 6.43. The van der Waals surface area contributed by atoms with Crippen LogP contribution in [0.25, 0.3) is 0 Å². The summed E-state index contributed by atoms with van der Waals surface area (Å²) in [6.07, 6.45) is 2.51. The second-order valence-electron chi connectivity index (χ2n) is 7.73. The van der Waals surface area contributed by atoms with Crippen molar-refractivity contribution in [1.82, 2.24) is 0 Å². The Morgan fingerprint density at radius 2 is 2.00 bits per heavy atom. The number of rotatable bonds is 1. The molecule has 20 heavy (non-hydrogen) atoms. The summed E-state index contributed by atoms with van der Waals surface area (Å²) >= 11 is 0. The molecule has 4 saturated carbocycles. The Morgan fingerprint density at radius 1 is 1.35 bits per heavy atom. The van der Waals surface area contributed by atoms with Gasteiger partial charge >= 0.3 is 5.97 Å². The number of hydrogen-bond acceptors (Lipinski definition) is 3. The first kappa shape index (κ1) is 13.8. The van der Waals surface area contributed by atoms with E-state index in [1.54, 1.807) is 0 Å². The minimum absolute atomic E-state index is 0.0414. The van der Waals surface area contributed by atoms with Crippen molar-refractivity contribution in [3.63, 3.8) is 0 Å². The summed E-state index contributed by atoms with van der Waals surface area (Å²) in [5, 5.41) is 0. The molecule has 0 unspecified atom stereocenters. The van der Waals surface area contributed by atoms with E-state index in [1.807, 2.05) is 0 Å². The minimum atomic E-state index is -0.201. The first-order chi connectivity index (χ1) is 9.19. The molecule has 0 heterocycles. The zero-order valence-corrected chi connectivity index (χ0v) is 12.9. The maximum Gasteiger partial charge on any atom is 0.302 e. The topological polar surface area (TPSA) is 43.4 Å². The van der Waals surface area contributed by atoms with Crippen LogP contribution in [-0.2, 0) is 14.3 Å².